The first-order valence-electron chi connectivity index (χ1n) is 5.90. The molecule has 1 aromatic heterocycles. The van der Waals surface area contributed by atoms with Crippen LogP contribution in [0.2, 0.25) is 0 Å². The van der Waals surface area contributed by atoms with Crippen molar-refractivity contribution in [1.82, 2.24) is 20.2 Å². The molecule has 0 spiro atoms. The van der Waals surface area contributed by atoms with Crippen LogP contribution >= 0.6 is 0 Å². The van der Waals surface area contributed by atoms with Gasteiger partial charge in [-0.1, -0.05) is 0 Å². The van der Waals surface area contributed by atoms with Crippen LogP contribution in [0.15, 0.2) is 18.2 Å². The molecule has 0 bridgehead atoms. The quantitative estimate of drug-likeness (QED) is 0.799. The van der Waals surface area contributed by atoms with Crippen LogP contribution in [0.3, 0.4) is 0 Å². The number of aromatic nitrogens is 4. The van der Waals surface area contributed by atoms with Gasteiger partial charge in [0, 0.05) is 11.3 Å². The number of anilines is 1. The van der Waals surface area contributed by atoms with E-state index in [1.165, 1.54) is 19.3 Å². The summed E-state index contributed by atoms with van der Waals surface area (Å²) in [4.78, 5) is 0. The zero-order chi connectivity index (χ0) is 11.8. The number of aryl methyl sites for hydroxylation is 1. The molecule has 1 aliphatic rings. The molecule has 5 nitrogen and oxygen atoms in total. The van der Waals surface area contributed by atoms with Crippen molar-refractivity contribution in [2.24, 2.45) is 0 Å². The van der Waals surface area contributed by atoms with Crippen LogP contribution in [0.25, 0.3) is 11.4 Å². The molecule has 3 rings (SSSR count). The number of tetrazole rings is 1. The smallest absolute Gasteiger partial charge is 0.182 e. The Hall–Kier alpha value is -1.91. The van der Waals surface area contributed by atoms with E-state index in [-0.39, 0.29) is 0 Å². The van der Waals surface area contributed by atoms with Crippen molar-refractivity contribution in [1.29, 1.82) is 0 Å². The zero-order valence-corrected chi connectivity index (χ0v) is 9.80. The predicted molar refractivity (Wildman–Crippen MR) is 65.3 cm³/mol. The molecule has 17 heavy (non-hydrogen) atoms. The first-order chi connectivity index (χ1) is 8.25. The normalized spacial score (nSPS) is 15.8. The molecule has 2 N–H and O–H groups in total. The van der Waals surface area contributed by atoms with Crippen molar-refractivity contribution >= 4 is 5.69 Å². The number of hydrogen-bond donors (Lipinski definition) is 1. The van der Waals surface area contributed by atoms with Crippen LogP contribution in [0.1, 0.15) is 30.9 Å². The largest absolute Gasteiger partial charge is 0.399 e. The second-order valence-corrected chi connectivity index (χ2v) is 4.61. The van der Waals surface area contributed by atoms with Crippen LogP contribution in [0.5, 0.6) is 0 Å². The molecule has 1 aliphatic carbocycles. The third kappa shape index (κ3) is 1.67. The fourth-order valence-corrected chi connectivity index (χ4v) is 2.19. The minimum absolute atomic E-state index is 0.469. The van der Waals surface area contributed by atoms with Gasteiger partial charge in [-0.2, -0.15) is 0 Å². The SMILES string of the molecule is Cc1cc(N)ccc1-c1nnnn1C1CCC1. The van der Waals surface area contributed by atoms with Crippen LogP contribution in [0, 0.1) is 6.92 Å². The summed E-state index contributed by atoms with van der Waals surface area (Å²) in [6.07, 6.45) is 3.61. The fraction of sp³-hybridized carbons (Fsp3) is 0.417. The lowest BCUT2D eigenvalue weighted by molar-refractivity contribution is 0.287. The highest BCUT2D eigenvalue weighted by Gasteiger charge is 2.24. The highest BCUT2D eigenvalue weighted by molar-refractivity contribution is 5.63. The van der Waals surface area contributed by atoms with Gasteiger partial charge in [0.15, 0.2) is 5.82 Å². The molecule has 0 amide bonds. The monoisotopic (exact) mass is 229 g/mol. The van der Waals surface area contributed by atoms with Gasteiger partial charge >= 0.3 is 0 Å². The standard InChI is InChI=1S/C12H15N5/c1-8-7-9(13)5-6-11(8)12-14-15-16-17(12)10-3-2-4-10/h5-7,10H,2-4,13H2,1H3. The number of nitrogen functional groups attached to an aromatic ring is 1. The van der Waals surface area contributed by atoms with Gasteiger partial charge in [-0.25, -0.2) is 4.68 Å². The van der Waals surface area contributed by atoms with Gasteiger partial charge in [-0.05, 0) is 60.4 Å². The first kappa shape index (κ1) is 10.3. The van der Waals surface area contributed by atoms with E-state index in [2.05, 4.69) is 15.5 Å². The molecule has 1 heterocycles. The van der Waals surface area contributed by atoms with Gasteiger partial charge in [0.25, 0.3) is 0 Å². The zero-order valence-electron chi connectivity index (χ0n) is 9.80. The molecule has 1 saturated carbocycles. The summed E-state index contributed by atoms with van der Waals surface area (Å²) < 4.78 is 1.95. The Morgan fingerprint density at radius 3 is 2.82 bits per heavy atom. The molecule has 88 valence electrons. The second-order valence-electron chi connectivity index (χ2n) is 4.61. The van der Waals surface area contributed by atoms with E-state index in [9.17, 15) is 0 Å². The summed E-state index contributed by atoms with van der Waals surface area (Å²) in [5.41, 5.74) is 8.71. The third-order valence-electron chi connectivity index (χ3n) is 3.40. The van der Waals surface area contributed by atoms with Gasteiger partial charge < -0.3 is 5.73 Å². The average Bonchev–Trinajstić information content (AvgIpc) is 2.64. The van der Waals surface area contributed by atoms with Crippen molar-refractivity contribution in [2.75, 3.05) is 5.73 Å². The Balaban J connectivity index is 2.05. The highest BCUT2D eigenvalue weighted by Crippen LogP contribution is 2.34. The lowest BCUT2D eigenvalue weighted by atomic mass is 9.93. The van der Waals surface area contributed by atoms with Gasteiger partial charge in [-0.3, -0.25) is 0 Å². The summed E-state index contributed by atoms with van der Waals surface area (Å²) in [6.45, 7) is 2.03. The van der Waals surface area contributed by atoms with E-state index in [1.807, 2.05) is 29.8 Å². The highest BCUT2D eigenvalue weighted by atomic mass is 15.6. The molecule has 1 fully saturated rings. The van der Waals surface area contributed by atoms with Crippen molar-refractivity contribution in [3.63, 3.8) is 0 Å². The van der Waals surface area contributed by atoms with E-state index in [0.717, 1.165) is 22.6 Å². The number of nitrogens with two attached hydrogens (primary N) is 1. The van der Waals surface area contributed by atoms with E-state index in [1.54, 1.807) is 0 Å². The Bertz CT molecular complexity index is 542. The summed E-state index contributed by atoms with van der Waals surface area (Å²) >= 11 is 0. The maximum atomic E-state index is 5.76. The Morgan fingerprint density at radius 2 is 2.18 bits per heavy atom. The van der Waals surface area contributed by atoms with Crippen molar-refractivity contribution in [3.8, 4) is 11.4 Å². The van der Waals surface area contributed by atoms with Gasteiger partial charge in [0.2, 0.25) is 0 Å². The molecular weight excluding hydrogens is 214 g/mol. The average molecular weight is 229 g/mol. The summed E-state index contributed by atoms with van der Waals surface area (Å²) in [7, 11) is 0. The molecular formula is C12H15N5. The van der Waals surface area contributed by atoms with Gasteiger partial charge in [0.05, 0.1) is 6.04 Å². The van der Waals surface area contributed by atoms with Gasteiger partial charge in [-0.15, -0.1) is 5.10 Å². The first-order valence-corrected chi connectivity index (χ1v) is 5.90. The van der Waals surface area contributed by atoms with E-state index in [4.69, 9.17) is 5.73 Å². The van der Waals surface area contributed by atoms with Crippen LogP contribution in [-0.4, -0.2) is 20.2 Å². The minimum atomic E-state index is 0.469. The van der Waals surface area contributed by atoms with E-state index in [0.29, 0.717) is 6.04 Å². The lowest BCUT2D eigenvalue weighted by Crippen LogP contribution is -2.19. The molecule has 0 unspecified atom stereocenters. The van der Waals surface area contributed by atoms with E-state index >= 15 is 0 Å². The number of nitrogens with zero attached hydrogens (tertiary/aromatic N) is 4. The van der Waals surface area contributed by atoms with Crippen LogP contribution < -0.4 is 5.73 Å². The van der Waals surface area contributed by atoms with E-state index < -0.39 is 0 Å². The lowest BCUT2D eigenvalue weighted by Gasteiger charge is -2.26. The van der Waals surface area contributed by atoms with Crippen molar-refractivity contribution in [2.45, 2.75) is 32.2 Å². The minimum Gasteiger partial charge on any atom is -0.399 e. The molecule has 0 radical (unpaired) electrons. The van der Waals surface area contributed by atoms with Crippen LogP contribution in [0.4, 0.5) is 5.69 Å². The summed E-state index contributed by atoms with van der Waals surface area (Å²) in [6, 6.07) is 6.31. The fourth-order valence-electron chi connectivity index (χ4n) is 2.19. The summed E-state index contributed by atoms with van der Waals surface area (Å²) in [5.74, 6) is 0.854. The number of hydrogen-bond acceptors (Lipinski definition) is 4. The maximum absolute atomic E-state index is 5.76. The van der Waals surface area contributed by atoms with Crippen molar-refractivity contribution in [3.05, 3.63) is 23.8 Å². The molecule has 5 heteroatoms. The number of rotatable bonds is 2. The molecule has 1 aromatic carbocycles. The van der Waals surface area contributed by atoms with Crippen LogP contribution in [-0.2, 0) is 0 Å². The second kappa shape index (κ2) is 3.84. The van der Waals surface area contributed by atoms with Gasteiger partial charge in [0.1, 0.15) is 0 Å². The Kier molecular flexibility index (Phi) is 2.31. The molecule has 0 atom stereocenters. The molecule has 0 saturated heterocycles. The van der Waals surface area contributed by atoms with Crippen molar-refractivity contribution < 1.29 is 0 Å². The summed E-state index contributed by atoms with van der Waals surface area (Å²) in [5, 5.41) is 12.0. The Morgan fingerprint density at radius 1 is 1.35 bits per heavy atom. The third-order valence-corrected chi connectivity index (χ3v) is 3.40. The molecule has 0 aliphatic heterocycles. The number of benzene rings is 1. The molecule has 2 aromatic rings. The maximum Gasteiger partial charge on any atom is 0.182 e. The Labute approximate surface area is 99.6 Å². The topological polar surface area (TPSA) is 69.6 Å². The predicted octanol–water partition coefficient (Wildman–Crippen LogP) is 1.96.